The van der Waals surface area contributed by atoms with Crippen molar-refractivity contribution >= 4 is 10.9 Å². The van der Waals surface area contributed by atoms with Gasteiger partial charge in [-0.1, -0.05) is 24.3 Å². The molecule has 2 heterocycles. The second-order valence-corrected chi connectivity index (χ2v) is 5.94. The van der Waals surface area contributed by atoms with Crippen molar-refractivity contribution in [1.82, 2.24) is 10.3 Å². The Kier molecular flexibility index (Phi) is 3.17. The van der Waals surface area contributed by atoms with E-state index in [1.807, 2.05) is 6.07 Å². The Hall–Kier alpha value is -1.45. The second kappa shape index (κ2) is 5.15. The van der Waals surface area contributed by atoms with Crippen molar-refractivity contribution in [2.24, 2.45) is 5.92 Å². The Morgan fingerprint density at radius 3 is 2.90 bits per heavy atom. The fourth-order valence-electron chi connectivity index (χ4n) is 3.16. The zero-order chi connectivity index (χ0) is 13.4. The Morgan fingerprint density at radius 1 is 1.10 bits per heavy atom. The van der Waals surface area contributed by atoms with Gasteiger partial charge in [-0.25, -0.2) is 0 Å². The predicted molar refractivity (Wildman–Crippen MR) is 79.5 cm³/mol. The van der Waals surface area contributed by atoms with E-state index in [9.17, 15) is 0 Å². The monoisotopic (exact) mass is 268 g/mol. The third-order valence-corrected chi connectivity index (χ3v) is 4.42. The van der Waals surface area contributed by atoms with E-state index >= 15 is 0 Å². The van der Waals surface area contributed by atoms with Gasteiger partial charge in [0.1, 0.15) is 0 Å². The average molecular weight is 268 g/mol. The van der Waals surface area contributed by atoms with Crippen LogP contribution in [0.15, 0.2) is 36.4 Å². The van der Waals surface area contributed by atoms with E-state index in [-0.39, 0.29) is 0 Å². The highest BCUT2D eigenvalue weighted by molar-refractivity contribution is 5.78. The van der Waals surface area contributed by atoms with Crippen LogP contribution in [-0.4, -0.2) is 23.7 Å². The minimum atomic E-state index is 0.440. The summed E-state index contributed by atoms with van der Waals surface area (Å²) in [5, 5.41) is 4.85. The molecule has 0 spiro atoms. The summed E-state index contributed by atoms with van der Waals surface area (Å²) in [5.41, 5.74) is 2.19. The Bertz CT molecular complexity index is 609. The molecule has 0 amide bonds. The van der Waals surface area contributed by atoms with E-state index in [1.54, 1.807) is 0 Å². The number of benzene rings is 1. The molecule has 2 fully saturated rings. The fraction of sp³-hybridized carbons (Fsp3) is 0.471. The number of hydrogen-bond acceptors (Lipinski definition) is 3. The molecule has 104 valence electrons. The summed E-state index contributed by atoms with van der Waals surface area (Å²) >= 11 is 0. The first-order valence-electron chi connectivity index (χ1n) is 7.60. The summed E-state index contributed by atoms with van der Waals surface area (Å²) in [7, 11) is 0. The van der Waals surface area contributed by atoms with Gasteiger partial charge >= 0.3 is 0 Å². The molecule has 4 rings (SSSR count). The molecule has 1 N–H and O–H groups in total. The van der Waals surface area contributed by atoms with Gasteiger partial charge < -0.3 is 10.1 Å². The highest BCUT2D eigenvalue weighted by Crippen LogP contribution is 2.38. The number of rotatable bonds is 4. The molecule has 1 aliphatic carbocycles. The van der Waals surface area contributed by atoms with Gasteiger partial charge in [0.2, 0.25) is 0 Å². The van der Waals surface area contributed by atoms with Crippen molar-refractivity contribution in [1.29, 1.82) is 0 Å². The van der Waals surface area contributed by atoms with Crippen LogP contribution in [-0.2, 0) is 11.3 Å². The van der Waals surface area contributed by atoms with Crippen LogP contribution in [0.5, 0.6) is 0 Å². The van der Waals surface area contributed by atoms with E-state index in [0.717, 1.165) is 36.7 Å². The van der Waals surface area contributed by atoms with Crippen molar-refractivity contribution in [3.63, 3.8) is 0 Å². The number of nitrogens with zero attached hydrogens (tertiary/aromatic N) is 1. The van der Waals surface area contributed by atoms with Gasteiger partial charge in [-0.15, -0.1) is 0 Å². The van der Waals surface area contributed by atoms with Gasteiger partial charge in [0.05, 0.1) is 17.3 Å². The van der Waals surface area contributed by atoms with Crippen LogP contribution in [0.3, 0.4) is 0 Å². The molecule has 1 aromatic carbocycles. The Morgan fingerprint density at radius 2 is 2.00 bits per heavy atom. The SMILES string of the molecule is c1ccc2nc(CNC3CCOC3C3CC3)ccc2c1. The first-order valence-corrected chi connectivity index (χ1v) is 7.60. The van der Waals surface area contributed by atoms with Crippen LogP contribution in [0.4, 0.5) is 0 Å². The summed E-state index contributed by atoms with van der Waals surface area (Å²) in [4.78, 5) is 4.72. The molecule has 1 aliphatic heterocycles. The topological polar surface area (TPSA) is 34.2 Å². The Balaban J connectivity index is 1.44. The molecule has 2 unspecified atom stereocenters. The molecule has 3 nitrogen and oxygen atoms in total. The highest BCUT2D eigenvalue weighted by atomic mass is 16.5. The lowest BCUT2D eigenvalue weighted by Gasteiger charge is -2.19. The number of fused-ring (bicyclic) bond motifs is 1. The van der Waals surface area contributed by atoms with E-state index in [1.165, 1.54) is 18.2 Å². The summed E-state index contributed by atoms with van der Waals surface area (Å²) in [6.07, 6.45) is 4.26. The molecule has 0 radical (unpaired) electrons. The number of hydrogen-bond donors (Lipinski definition) is 1. The third kappa shape index (κ3) is 2.43. The van der Waals surface area contributed by atoms with E-state index in [4.69, 9.17) is 9.72 Å². The first kappa shape index (κ1) is 12.3. The highest BCUT2D eigenvalue weighted by Gasteiger charge is 2.40. The van der Waals surface area contributed by atoms with Crippen molar-refractivity contribution in [2.75, 3.05) is 6.61 Å². The van der Waals surface area contributed by atoms with Gasteiger partial charge in [0.15, 0.2) is 0 Å². The normalized spacial score (nSPS) is 26.2. The predicted octanol–water partition coefficient (Wildman–Crippen LogP) is 2.89. The molecule has 0 bridgehead atoms. The van der Waals surface area contributed by atoms with Crippen LogP contribution in [0, 0.1) is 5.92 Å². The lowest BCUT2D eigenvalue weighted by molar-refractivity contribution is 0.0808. The van der Waals surface area contributed by atoms with Crippen LogP contribution >= 0.6 is 0 Å². The molecular formula is C17H20N2O. The van der Waals surface area contributed by atoms with Crippen LogP contribution in [0.25, 0.3) is 10.9 Å². The zero-order valence-electron chi connectivity index (χ0n) is 11.6. The van der Waals surface area contributed by atoms with E-state index in [0.29, 0.717) is 12.1 Å². The van der Waals surface area contributed by atoms with Gasteiger partial charge in [-0.3, -0.25) is 4.98 Å². The Labute approximate surface area is 119 Å². The fourth-order valence-corrected chi connectivity index (χ4v) is 3.16. The molecule has 1 aromatic heterocycles. The summed E-state index contributed by atoms with van der Waals surface area (Å²) in [6.45, 7) is 1.74. The maximum absolute atomic E-state index is 5.87. The summed E-state index contributed by atoms with van der Waals surface area (Å²) in [5.74, 6) is 0.805. The second-order valence-electron chi connectivity index (χ2n) is 5.94. The standard InChI is InChI=1S/C17H20N2O/c1-2-4-15-12(3-1)7-8-14(19-15)11-18-16-9-10-20-17(16)13-5-6-13/h1-4,7-8,13,16-18H,5-6,9-11H2. The number of nitrogens with one attached hydrogen (secondary N) is 1. The molecule has 3 heteroatoms. The van der Waals surface area contributed by atoms with Crippen molar-refractivity contribution in [2.45, 2.75) is 38.0 Å². The smallest absolute Gasteiger partial charge is 0.0757 e. The summed E-state index contributed by atoms with van der Waals surface area (Å²) in [6, 6.07) is 13.1. The molecule has 2 atom stereocenters. The van der Waals surface area contributed by atoms with Crippen LogP contribution in [0.2, 0.25) is 0 Å². The van der Waals surface area contributed by atoms with Gasteiger partial charge in [-0.2, -0.15) is 0 Å². The lowest BCUT2D eigenvalue weighted by Crippen LogP contribution is -2.37. The van der Waals surface area contributed by atoms with Crippen LogP contribution < -0.4 is 5.32 Å². The maximum atomic E-state index is 5.87. The summed E-state index contributed by atoms with van der Waals surface area (Å²) < 4.78 is 5.87. The number of pyridine rings is 1. The number of ether oxygens (including phenoxy) is 1. The lowest BCUT2D eigenvalue weighted by atomic mass is 10.1. The average Bonchev–Trinajstić information content (AvgIpc) is 3.23. The molecule has 2 aliphatic rings. The first-order chi connectivity index (χ1) is 9.90. The molecular weight excluding hydrogens is 248 g/mol. The van der Waals surface area contributed by atoms with Gasteiger partial charge in [-0.05, 0) is 37.3 Å². The van der Waals surface area contributed by atoms with Gasteiger partial charge in [0, 0.05) is 24.6 Å². The zero-order valence-corrected chi connectivity index (χ0v) is 11.6. The number of para-hydroxylation sites is 1. The van der Waals surface area contributed by atoms with Crippen molar-refractivity contribution in [3.8, 4) is 0 Å². The van der Waals surface area contributed by atoms with Gasteiger partial charge in [0.25, 0.3) is 0 Å². The quantitative estimate of drug-likeness (QED) is 0.926. The molecule has 20 heavy (non-hydrogen) atoms. The van der Waals surface area contributed by atoms with E-state index in [2.05, 4.69) is 35.6 Å². The minimum absolute atomic E-state index is 0.440. The molecule has 1 saturated carbocycles. The molecule has 2 aromatic rings. The van der Waals surface area contributed by atoms with Crippen LogP contribution in [0.1, 0.15) is 25.0 Å². The largest absolute Gasteiger partial charge is 0.376 e. The maximum Gasteiger partial charge on any atom is 0.0757 e. The minimum Gasteiger partial charge on any atom is -0.376 e. The van der Waals surface area contributed by atoms with E-state index < -0.39 is 0 Å². The third-order valence-electron chi connectivity index (χ3n) is 4.42. The number of aromatic nitrogens is 1. The van der Waals surface area contributed by atoms with Crippen molar-refractivity contribution < 1.29 is 4.74 Å². The van der Waals surface area contributed by atoms with Crippen molar-refractivity contribution in [3.05, 3.63) is 42.1 Å². The molecule has 1 saturated heterocycles.